The van der Waals surface area contributed by atoms with E-state index in [0.29, 0.717) is 0 Å². The number of aliphatic hydroxyl groups is 1. The average Bonchev–Trinajstić information content (AvgIpc) is 3.11. The van der Waals surface area contributed by atoms with Crippen molar-refractivity contribution in [3.63, 3.8) is 0 Å². The van der Waals surface area contributed by atoms with E-state index in [9.17, 15) is 14.3 Å². The van der Waals surface area contributed by atoms with Crippen LogP contribution in [0, 0.1) is 0 Å². The second-order valence-corrected chi connectivity index (χ2v) is 6.29. The number of hydrogen-bond acceptors (Lipinski definition) is 3. The molecular weight excluding hydrogens is 309 g/mol. The first kappa shape index (κ1) is 15.1. The summed E-state index contributed by atoms with van der Waals surface area (Å²) in [4.78, 5) is 13.4. The molecule has 0 spiro atoms. The molecule has 1 saturated heterocycles. The molecule has 1 heterocycles. The quantitative estimate of drug-likeness (QED) is 0.923. The molecule has 124 valence electrons. The van der Waals surface area contributed by atoms with Crippen molar-refractivity contribution in [2.45, 2.75) is 18.2 Å². The summed E-state index contributed by atoms with van der Waals surface area (Å²) in [5.74, 6) is -0.0185. The highest BCUT2D eigenvalue weighted by Crippen LogP contribution is 2.44. The minimum Gasteiger partial charge on any atom is -0.448 e. The van der Waals surface area contributed by atoms with Gasteiger partial charge in [0.25, 0.3) is 0 Å². The second-order valence-electron chi connectivity index (χ2n) is 6.29. The number of rotatable bonds is 2. The maximum absolute atomic E-state index is 13.4. The maximum Gasteiger partial charge on any atom is 0.409 e. The summed E-state index contributed by atoms with van der Waals surface area (Å²) in [6.45, 7) is 0.0755. The van der Waals surface area contributed by atoms with Gasteiger partial charge in [-0.25, -0.2) is 9.18 Å². The molecule has 1 N–H and O–H groups in total. The average molecular weight is 327 g/mol. The van der Waals surface area contributed by atoms with Crippen molar-refractivity contribution >= 4 is 6.09 Å². The summed E-state index contributed by atoms with van der Waals surface area (Å²) < 4.78 is 18.8. The molecule has 2 aromatic rings. The van der Waals surface area contributed by atoms with Crippen molar-refractivity contribution in [1.82, 2.24) is 4.90 Å². The van der Waals surface area contributed by atoms with E-state index >= 15 is 0 Å². The maximum atomic E-state index is 13.4. The second kappa shape index (κ2) is 5.91. The highest BCUT2D eigenvalue weighted by atomic mass is 19.1. The molecule has 0 bridgehead atoms. The fourth-order valence-electron chi connectivity index (χ4n) is 3.58. The standard InChI is InChI=1S/C19H18FNO3/c20-17-9-21(10-18(17)22)19(23)24-11-16-14-7-3-1-5-12(14)13-6-2-4-8-15(13)16/h1-8,16-18,22H,9-11H2/t17-,18-/m1/s1. The van der Waals surface area contributed by atoms with E-state index in [4.69, 9.17) is 4.74 Å². The van der Waals surface area contributed by atoms with Crippen LogP contribution in [0.4, 0.5) is 9.18 Å². The number of nitrogens with zero attached hydrogens (tertiary/aromatic N) is 1. The molecule has 2 atom stereocenters. The Hall–Kier alpha value is -2.40. The van der Waals surface area contributed by atoms with Gasteiger partial charge in [-0.2, -0.15) is 0 Å². The SMILES string of the molecule is O=C(OCC1c2ccccc2-c2ccccc21)N1C[C@@H](O)[C@H](F)C1. The molecule has 4 rings (SSSR count). The number of carbonyl (C=O) groups excluding carboxylic acids is 1. The van der Waals surface area contributed by atoms with Crippen LogP contribution in [-0.2, 0) is 4.74 Å². The molecule has 24 heavy (non-hydrogen) atoms. The number of amides is 1. The largest absolute Gasteiger partial charge is 0.448 e. The molecule has 0 saturated carbocycles. The zero-order valence-corrected chi connectivity index (χ0v) is 13.1. The number of halogens is 1. The minimum atomic E-state index is -1.40. The van der Waals surface area contributed by atoms with Crippen LogP contribution in [0.15, 0.2) is 48.5 Å². The number of likely N-dealkylation sites (tertiary alicyclic amines) is 1. The van der Waals surface area contributed by atoms with Gasteiger partial charge >= 0.3 is 6.09 Å². The van der Waals surface area contributed by atoms with Crippen molar-refractivity contribution in [2.24, 2.45) is 0 Å². The van der Waals surface area contributed by atoms with E-state index in [-0.39, 0.29) is 25.6 Å². The van der Waals surface area contributed by atoms with Crippen LogP contribution in [0.1, 0.15) is 17.0 Å². The number of benzene rings is 2. The summed E-state index contributed by atoms with van der Waals surface area (Å²) in [7, 11) is 0. The van der Waals surface area contributed by atoms with Crippen molar-refractivity contribution in [2.75, 3.05) is 19.7 Å². The molecule has 1 aliphatic heterocycles. The molecule has 2 aliphatic rings. The number of fused-ring (bicyclic) bond motifs is 3. The number of ether oxygens (including phenoxy) is 1. The summed E-state index contributed by atoms with van der Waals surface area (Å²) in [5.41, 5.74) is 4.59. The fourth-order valence-corrected chi connectivity index (χ4v) is 3.58. The van der Waals surface area contributed by atoms with Crippen molar-refractivity contribution < 1.29 is 19.0 Å². The third kappa shape index (κ3) is 2.45. The summed E-state index contributed by atoms with van der Waals surface area (Å²) in [6, 6.07) is 16.2. The van der Waals surface area contributed by atoms with Crippen molar-refractivity contribution in [3.05, 3.63) is 59.7 Å². The molecule has 0 unspecified atom stereocenters. The highest BCUT2D eigenvalue weighted by molar-refractivity contribution is 5.79. The van der Waals surface area contributed by atoms with E-state index in [1.54, 1.807) is 0 Å². The number of β-amino-alcohol motifs (C(OH)–C–C–N with tert-alkyl or cyclic N) is 1. The van der Waals surface area contributed by atoms with Gasteiger partial charge in [0.15, 0.2) is 0 Å². The first-order valence-electron chi connectivity index (χ1n) is 8.07. The first-order chi connectivity index (χ1) is 11.6. The summed E-state index contributed by atoms with van der Waals surface area (Å²) in [6.07, 6.45) is -3.09. The van der Waals surface area contributed by atoms with Gasteiger partial charge in [0.2, 0.25) is 0 Å². The van der Waals surface area contributed by atoms with Crippen LogP contribution in [-0.4, -0.2) is 48.1 Å². The lowest BCUT2D eigenvalue weighted by Gasteiger charge is -2.18. The molecular formula is C19H18FNO3. The van der Waals surface area contributed by atoms with Gasteiger partial charge < -0.3 is 14.7 Å². The first-order valence-corrected chi connectivity index (χ1v) is 8.07. The van der Waals surface area contributed by atoms with Gasteiger partial charge in [0, 0.05) is 5.92 Å². The Morgan fingerprint density at radius 3 is 2.21 bits per heavy atom. The predicted octanol–water partition coefficient (Wildman–Crippen LogP) is 2.95. The molecule has 0 aromatic heterocycles. The monoisotopic (exact) mass is 327 g/mol. The summed E-state index contributed by atoms with van der Waals surface area (Å²) in [5, 5.41) is 9.43. The molecule has 4 nitrogen and oxygen atoms in total. The number of carbonyl (C=O) groups is 1. The zero-order valence-electron chi connectivity index (χ0n) is 13.1. The molecule has 1 aliphatic carbocycles. The third-order valence-corrected chi connectivity index (χ3v) is 4.81. The Balaban J connectivity index is 1.52. The van der Waals surface area contributed by atoms with Crippen LogP contribution in [0.2, 0.25) is 0 Å². The van der Waals surface area contributed by atoms with E-state index < -0.39 is 18.4 Å². The Bertz CT molecular complexity index is 723. The lowest BCUT2D eigenvalue weighted by molar-refractivity contribution is 0.0986. The fraction of sp³-hybridized carbons (Fsp3) is 0.316. The van der Waals surface area contributed by atoms with Gasteiger partial charge in [-0.3, -0.25) is 0 Å². The number of alkyl halides is 1. The third-order valence-electron chi connectivity index (χ3n) is 4.81. The van der Waals surface area contributed by atoms with E-state index in [0.717, 1.165) is 22.3 Å². The van der Waals surface area contributed by atoms with E-state index in [2.05, 4.69) is 12.1 Å². The topological polar surface area (TPSA) is 49.8 Å². The summed E-state index contributed by atoms with van der Waals surface area (Å²) >= 11 is 0. The van der Waals surface area contributed by atoms with E-state index in [1.807, 2.05) is 36.4 Å². The smallest absolute Gasteiger partial charge is 0.409 e. The van der Waals surface area contributed by atoms with Crippen LogP contribution in [0.25, 0.3) is 11.1 Å². The van der Waals surface area contributed by atoms with Gasteiger partial charge in [0.1, 0.15) is 18.9 Å². The van der Waals surface area contributed by atoms with Crippen LogP contribution < -0.4 is 0 Å². The highest BCUT2D eigenvalue weighted by Gasteiger charge is 2.36. The number of hydrogen-bond donors (Lipinski definition) is 1. The van der Waals surface area contributed by atoms with Gasteiger partial charge in [-0.05, 0) is 22.3 Å². The van der Waals surface area contributed by atoms with Gasteiger partial charge in [-0.15, -0.1) is 0 Å². The Labute approximate surface area is 139 Å². The Kier molecular flexibility index (Phi) is 3.73. The normalized spacial score (nSPS) is 22.3. The van der Waals surface area contributed by atoms with Crippen LogP contribution in [0.3, 0.4) is 0 Å². The minimum absolute atomic E-state index is 0.0160. The Morgan fingerprint density at radius 1 is 1.08 bits per heavy atom. The predicted molar refractivity (Wildman–Crippen MR) is 87.5 cm³/mol. The lowest BCUT2D eigenvalue weighted by Crippen LogP contribution is -2.31. The van der Waals surface area contributed by atoms with Gasteiger partial charge in [-0.1, -0.05) is 48.5 Å². The number of aliphatic hydroxyl groups excluding tert-OH is 1. The van der Waals surface area contributed by atoms with Crippen molar-refractivity contribution in [1.29, 1.82) is 0 Å². The zero-order chi connectivity index (χ0) is 16.7. The van der Waals surface area contributed by atoms with Crippen LogP contribution in [0.5, 0.6) is 0 Å². The lowest BCUT2D eigenvalue weighted by atomic mass is 9.98. The molecule has 1 amide bonds. The van der Waals surface area contributed by atoms with Crippen molar-refractivity contribution in [3.8, 4) is 11.1 Å². The van der Waals surface area contributed by atoms with E-state index in [1.165, 1.54) is 4.90 Å². The molecule has 5 heteroatoms. The van der Waals surface area contributed by atoms with Crippen LogP contribution >= 0.6 is 0 Å². The molecule has 0 radical (unpaired) electrons. The Morgan fingerprint density at radius 2 is 1.67 bits per heavy atom. The van der Waals surface area contributed by atoms with Gasteiger partial charge in [0.05, 0.1) is 13.1 Å². The molecule has 2 aromatic carbocycles. The molecule has 1 fully saturated rings.